The molecular formula is C13H21ClN2OS. The molecule has 102 valence electrons. The van der Waals surface area contributed by atoms with E-state index in [9.17, 15) is 4.79 Å². The molecule has 0 aromatic carbocycles. The van der Waals surface area contributed by atoms with E-state index in [0.29, 0.717) is 5.92 Å². The molecule has 0 saturated carbocycles. The van der Waals surface area contributed by atoms with Crippen molar-refractivity contribution < 1.29 is 4.79 Å². The van der Waals surface area contributed by atoms with E-state index in [1.54, 1.807) is 11.3 Å². The number of thiophene rings is 1. The highest BCUT2D eigenvalue weighted by Gasteiger charge is 2.26. The quantitative estimate of drug-likeness (QED) is 0.923. The summed E-state index contributed by atoms with van der Waals surface area (Å²) in [5.41, 5.74) is 0. The van der Waals surface area contributed by atoms with E-state index in [0.717, 1.165) is 37.4 Å². The predicted octanol–water partition coefficient (Wildman–Crippen LogP) is 2.41. The molecule has 0 aliphatic carbocycles. The van der Waals surface area contributed by atoms with Crippen molar-refractivity contribution in [2.75, 3.05) is 26.7 Å². The van der Waals surface area contributed by atoms with Gasteiger partial charge in [-0.05, 0) is 44.5 Å². The number of hydrogen-bond donors (Lipinski definition) is 1. The van der Waals surface area contributed by atoms with Crippen molar-refractivity contribution >= 4 is 29.7 Å². The Morgan fingerprint density at radius 1 is 1.56 bits per heavy atom. The number of amides is 1. The minimum atomic E-state index is 0. The van der Waals surface area contributed by atoms with Gasteiger partial charge in [0.25, 0.3) is 5.91 Å². The first kappa shape index (κ1) is 15.5. The van der Waals surface area contributed by atoms with Gasteiger partial charge in [-0.2, -0.15) is 0 Å². The molecule has 5 heteroatoms. The Balaban J connectivity index is 0.00000162. The lowest BCUT2D eigenvalue weighted by molar-refractivity contribution is 0.0792. The van der Waals surface area contributed by atoms with Crippen molar-refractivity contribution in [1.82, 2.24) is 10.2 Å². The summed E-state index contributed by atoms with van der Waals surface area (Å²) >= 11 is 1.64. The van der Waals surface area contributed by atoms with Gasteiger partial charge in [0.1, 0.15) is 0 Å². The largest absolute Gasteiger partial charge is 0.338 e. The SMILES string of the molecule is CCc1ccc(C(=O)N2CCC(CNC)C2)s1.Cl. The average molecular weight is 289 g/mol. The summed E-state index contributed by atoms with van der Waals surface area (Å²) in [6.07, 6.45) is 2.14. The van der Waals surface area contributed by atoms with Crippen molar-refractivity contribution in [3.63, 3.8) is 0 Å². The Hall–Kier alpha value is -0.580. The van der Waals surface area contributed by atoms with E-state index in [-0.39, 0.29) is 18.3 Å². The topological polar surface area (TPSA) is 32.3 Å². The first-order valence-corrected chi connectivity index (χ1v) is 7.08. The van der Waals surface area contributed by atoms with Crippen LogP contribution in [-0.2, 0) is 6.42 Å². The second kappa shape index (κ2) is 7.12. The Morgan fingerprint density at radius 2 is 2.33 bits per heavy atom. The minimum absolute atomic E-state index is 0. The fraction of sp³-hybridized carbons (Fsp3) is 0.615. The second-order valence-corrected chi connectivity index (χ2v) is 5.75. The van der Waals surface area contributed by atoms with E-state index in [2.05, 4.69) is 18.3 Å². The molecule has 1 amide bonds. The van der Waals surface area contributed by atoms with Crippen LogP contribution in [0.15, 0.2) is 12.1 Å². The molecule has 1 atom stereocenters. The number of hydrogen-bond acceptors (Lipinski definition) is 3. The molecule has 1 fully saturated rings. The summed E-state index contributed by atoms with van der Waals surface area (Å²) in [6.45, 7) is 4.94. The van der Waals surface area contributed by atoms with Gasteiger partial charge in [-0.15, -0.1) is 23.7 Å². The molecule has 1 unspecified atom stereocenters. The molecule has 1 aliphatic rings. The maximum Gasteiger partial charge on any atom is 0.263 e. The van der Waals surface area contributed by atoms with E-state index in [1.807, 2.05) is 18.0 Å². The van der Waals surface area contributed by atoms with Gasteiger partial charge in [0.2, 0.25) is 0 Å². The summed E-state index contributed by atoms with van der Waals surface area (Å²) in [5.74, 6) is 0.836. The fourth-order valence-corrected chi connectivity index (χ4v) is 3.23. The highest BCUT2D eigenvalue weighted by Crippen LogP contribution is 2.22. The molecule has 1 aromatic rings. The highest BCUT2D eigenvalue weighted by atomic mass is 35.5. The van der Waals surface area contributed by atoms with Crippen LogP contribution in [0.2, 0.25) is 0 Å². The van der Waals surface area contributed by atoms with Crippen molar-refractivity contribution in [2.24, 2.45) is 5.92 Å². The summed E-state index contributed by atoms with van der Waals surface area (Å²) in [7, 11) is 1.97. The van der Waals surface area contributed by atoms with Crippen molar-refractivity contribution in [3.8, 4) is 0 Å². The number of nitrogens with one attached hydrogen (secondary N) is 1. The van der Waals surface area contributed by atoms with Crippen LogP contribution in [0, 0.1) is 5.92 Å². The van der Waals surface area contributed by atoms with Crippen LogP contribution in [-0.4, -0.2) is 37.5 Å². The smallest absolute Gasteiger partial charge is 0.263 e. The third-order valence-electron chi connectivity index (χ3n) is 3.29. The van der Waals surface area contributed by atoms with Gasteiger partial charge in [0, 0.05) is 18.0 Å². The Labute approximate surface area is 119 Å². The van der Waals surface area contributed by atoms with Crippen LogP contribution in [0.4, 0.5) is 0 Å². The van der Waals surface area contributed by atoms with Crippen LogP contribution in [0.3, 0.4) is 0 Å². The molecule has 1 aliphatic heterocycles. The Morgan fingerprint density at radius 3 is 2.94 bits per heavy atom. The van der Waals surface area contributed by atoms with Crippen LogP contribution in [0.25, 0.3) is 0 Å². The van der Waals surface area contributed by atoms with E-state index < -0.39 is 0 Å². The molecule has 1 aromatic heterocycles. The number of halogens is 1. The third kappa shape index (κ3) is 3.46. The molecule has 0 bridgehead atoms. The predicted molar refractivity (Wildman–Crippen MR) is 78.9 cm³/mol. The number of carbonyl (C=O) groups excluding carboxylic acids is 1. The van der Waals surface area contributed by atoms with Crippen LogP contribution in [0.1, 0.15) is 27.9 Å². The fourth-order valence-electron chi connectivity index (χ4n) is 2.31. The molecule has 2 rings (SSSR count). The van der Waals surface area contributed by atoms with Gasteiger partial charge in [-0.25, -0.2) is 0 Å². The van der Waals surface area contributed by atoms with Crippen molar-refractivity contribution in [2.45, 2.75) is 19.8 Å². The molecule has 0 spiro atoms. The third-order valence-corrected chi connectivity index (χ3v) is 4.50. The molecule has 18 heavy (non-hydrogen) atoms. The number of nitrogens with zero attached hydrogens (tertiary/aromatic N) is 1. The second-order valence-electron chi connectivity index (χ2n) is 4.58. The van der Waals surface area contributed by atoms with Crippen molar-refractivity contribution in [1.29, 1.82) is 0 Å². The van der Waals surface area contributed by atoms with E-state index in [4.69, 9.17) is 0 Å². The van der Waals surface area contributed by atoms with Crippen LogP contribution in [0.5, 0.6) is 0 Å². The van der Waals surface area contributed by atoms with E-state index >= 15 is 0 Å². The first-order valence-electron chi connectivity index (χ1n) is 6.27. The Kier molecular flexibility index (Phi) is 6.12. The maximum atomic E-state index is 12.2. The van der Waals surface area contributed by atoms with E-state index in [1.165, 1.54) is 4.88 Å². The lowest BCUT2D eigenvalue weighted by atomic mass is 10.1. The molecule has 3 nitrogen and oxygen atoms in total. The van der Waals surface area contributed by atoms with Gasteiger partial charge in [0.15, 0.2) is 0 Å². The highest BCUT2D eigenvalue weighted by molar-refractivity contribution is 7.14. The van der Waals surface area contributed by atoms with Crippen molar-refractivity contribution in [3.05, 3.63) is 21.9 Å². The Bertz CT molecular complexity index is 394. The minimum Gasteiger partial charge on any atom is -0.338 e. The lowest BCUT2D eigenvalue weighted by Crippen LogP contribution is -2.29. The molecule has 1 N–H and O–H groups in total. The zero-order valence-corrected chi connectivity index (χ0v) is 12.6. The van der Waals surface area contributed by atoms with Gasteiger partial charge in [0.05, 0.1) is 4.88 Å². The molecular weight excluding hydrogens is 268 g/mol. The summed E-state index contributed by atoms with van der Waals surface area (Å²) < 4.78 is 0. The zero-order valence-electron chi connectivity index (χ0n) is 10.9. The summed E-state index contributed by atoms with van der Waals surface area (Å²) in [4.78, 5) is 16.4. The normalized spacial score (nSPS) is 18.8. The summed E-state index contributed by atoms with van der Waals surface area (Å²) in [6, 6.07) is 4.04. The average Bonchev–Trinajstić information content (AvgIpc) is 2.97. The number of aryl methyl sites for hydroxylation is 1. The number of carbonyl (C=O) groups is 1. The number of likely N-dealkylation sites (tertiary alicyclic amines) is 1. The molecule has 1 saturated heterocycles. The standard InChI is InChI=1S/C13H20N2OS.ClH/c1-3-11-4-5-12(17-11)13(16)15-7-6-10(9-15)8-14-2;/h4-5,10,14H,3,6-9H2,1-2H3;1H. The monoisotopic (exact) mass is 288 g/mol. The van der Waals surface area contributed by atoms with Crippen LogP contribution < -0.4 is 5.32 Å². The summed E-state index contributed by atoms with van der Waals surface area (Å²) in [5, 5.41) is 3.19. The van der Waals surface area contributed by atoms with Gasteiger partial charge >= 0.3 is 0 Å². The molecule has 2 heterocycles. The van der Waals surface area contributed by atoms with Crippen LogP contribution >= 0.6 is 23.7 Å². The van der Waals surface area contributed by atoms with Gasteiger partial charge < -0.3 is 10.2 Å². The first-order chi connectivity index (χ1) is 8.24. The molecule has 0 radical (unpaired) electrons. The number of rotatable bonds is 4. The maximum absolute atomic E-state index is 12.2. The zero-order chi connectivity index (χ0) is 12.3. The van der Waals surface area contributed by atoms with Gasteiger partial charge in [-0.1, -0.05) is 6.92 Å². The van der Waals surface area contributed by atoms with Gasteiger partial charge in [-0.3, -0.25) is 4.79 Å². The lowest BCUT2D eigenvalue weighted by Gasteiger charge is -2.15.